The zero-order valence-corrected chi connectivity index (χ0v) is 17.4. The van der Waals surface area contributed by atoms with Crippen LogP contribution in [0.1, 0.15) is 32.8 Å². The number of hydrogen-bond donors (Lipinski definition) is 3. The second kappa shape index (κ2) is 9.58. The smallest absolute Gasteiger partial charge is 0.274 e. The maximum Gasteiger partial charge on any atom is 0.274 e. The fourth-order valence-electron chi connectivity index (χ4n) is 3.61. The second-order valence-electron chi connectivity index (χ2n) is 7.53. The van der Waals surface area contributed by atoms with Crippen molar-refractivity contribution in [1.29, 1.82) is 0 Å². The minimum atomic E-state index is -0.986. The van der Waals surface area contributed by atoms with Gasteiger partial charge in [-0.25, -0.2) is 14.3 Å². The molecule has 0 saturated carbocycles. The first-order chi connectivity index (χ1) is 16.0. The van der Waals surface area contributed by atoms with Gasteiger partial charge in [-0.15, -0.1) is 0 Å². The molecule has 0 aliphatic rings. The Morgan fingerprint density at radius 3 is 2.24 bits per heavy atom. The van der Waals surface area contributed by atoms with Gasteiger partial charge in [0.1, 0.15) is 0 Å². The molecule has 3 aromatic carbocycles. The predicted molar refractivity (Wildman–Crippen MR) is 120 cm³/mol. The number of amides is 1. The molecule has 0 spiro atoms. The number of benzene rings is 3. The molecule has 0 radical (unpaired) electrons. The first-order valence-corrected chi connectivity index (χ1v) is 10.3. The predicted octanol–water partition coefficient (Wildman–Crippen LogP) is 5.56. The van der Waals surface area contributed by atoms with Gasteiger partial charge in [0.2, 0.25) is 0 Å². The lowest BCUT2D eigenvalue weighted by atomic mass is 9.99. The molecule has 0 atom stereocenters. The second-order valence-corrected chi connectivity index (χ2v) is 7.53. The summed E-state index contributed by atoms with van der Waals surface area (Å²) in [6.45, 7) is 0. The molecule has 0 aliphatic carbocycles. The van der Waals surface area contributed by atoms with E-state index in [0.29, 0.717) is 34.5 Å². The fourth-order valence-corrected chi connectivity index (χ4v) is 3.61. The molecule has 0 fully saturated rings. The highest BCUT2D eigenvalue weighted by atomic mass is 19.2. The summed E-state index contributed by atoms with van der Waals surface area (Å²) >= 11 is 0. The number of hydroxylamine groups is 1. The quantitative estimate of drug-likeness (QED) is 0.197. The number of H-pyrrole nitrogens is 1. The van der Waals surface area contributed by atoms with Gasteiger partial charge in [0, 0.05) is 23.2 Å². The standard InChI is InChI=1S/C26H20F2N2O3/c27-21-12-11-19(14-22(21)28)20-15-23(17-4-2-1-3-5-17)29-25(20)24(31)13-8-16-6-9-18(10-7-16)26(32)30-33/h1-7,9-12,14-15,29,33H,8,13H2,(H,30,32). The number of hydrogen-bond acceptors (Lipinski definition) is 3. The van der Waals surface area contributed by atoms with Gasteiger partial charge in [-0.3, -0.25) is 14.8 Å². The van der Waals surface area contributed by atoms with Crippen LogP contribution in [0, 0.1) is 11.6 Å². The Balaban J connectivity index is 1.62. The van der Waals surface area contributed by atoms with E-state index in [0.717, 1.165) is 23.3 Å². The number of carbonyl (C=O) groups excluding carboxylic acids is 2. The molecule has 0 unspecified atom stereocenters. The Hall–Kier alpha value is -4.10. The van der Waals surface area contributed by atoms with Crippen LogP contribution < -0.4 is 5.48 Å². The van der Waals surface area contributed by atoms with Crippen LogP contribution >= 0.6 is 0 Å². The summed E-state index contributed by atoms with van der Waals surface area (Å²) in [6.07, 6.45) is 0.577. The highest BCUT2D eigenvalue weighted by molar-refractivity contribution is 6.02. The minimum Gasteiger partial charge on any atom is -0.352 e. The van der Waals surface area contributed by atoms with Crippen LogP contribution in [0.5, 0.6) is 0 Å². The molecule has 4 aromatic rings. The van der Waals surface area contributed by atoms with Crippen LogP contribution in [0.4, 0.5) is 8.78 Å². The number of rotatable bonds is 7. The molecule has 1 heterocycles. The molecule has 4 rings (SSSR count). The third kappa shape index (κ3) is 4.88. The van der Waals surface area contributed by atoms with Crippen molar-refractivity contribution in [3.8, 4) is 22.4 Å². The summed E-state index contributed by atoms with van der Waals surface area (Å²) in [4.78, 5) is 27.7. The van der Waals surface area contributed by atoms with Gasteiger partial charge in [0.15, 0.2) is 17.4 Å². The zero-order chi connectivity index (χ0) is 23.4. The van der Waals surface area contributed by atoms with Crippen molar-refractivity contribution in [2.75, 3.05) is 0 Å². The van der Waals surface area contributed by atoms with Gasteiger partial charge in [-0.1, -0.05) is 48.5 Å². The molecule has 1 aromatic heterocycles. The van der Waals surface area contributed by atoms with Crippen LogP contribution in [0.15, 0.2) is 78.9 Å². The molecule has 3 N–H and O–H groups in total. The maximum absolute atomic E-state index is 13.9. The van der Waals surface area contributed by atoms with E-state index in [4.69, 9.17) is 5.21 Å². The topological polar surface area (TPSA) is 82.2 Å². The average molecular weight is 446 g/mol. The Morgan fingerprint density at radius 1 is 0.848 bits per heavy atom. The number of aryl methyl sites for hydroxylation is 1. The summed E-state index contributed by atoms with van der Waals surface area (Å²) in [7, 11) is 0. The number of aromatic nitrogens is 1. The molecule has 33 heavy (non-hydrogen) atoms. The Labute approximate surface area is 188 Å². The van der Waals surface area contributed by atoms with Crippen LogP contribution in [0.25, 0.3) is 22.4 Å². The molecule has 0 aliphatic heterocycles. The SMILES string of the molecule is O=C(NO)c1ccc(CCC(=O)c2[nH]c(-c3ccccc3)cc2-c2ccc(F)c(F)c2)cc1. The van der Waals surface area contributed by atoms with E-state index < -0.39 is 17.5 Å². The largest absolute Gasteiger partial charge is 0.352 e. The van der Waals surface area contributed by atoms with Crippen LogP contribution in [-0.4, -0.2) is 21.9 Å². The highest BCUT2D eigenvalue weighted by Gasteiger charge is 2.19. The van der Waals surface area contributed by atoms with Gasteiger partial charge in [-0.2, -0.15) is 0 Å². The van der Waals surface area contributed by atoms with Gasteiger partial charge in [0.05, 0.1) is 5.69 Å². The summed E-state index contributed by atoms with van der Waals surface area (Å²) in [6, 6.07) is 21.2. The van der Waals surface area contributed by atoms with Crippen molar-refractivity contribution in [3.63, 3.8) is 0 Å². The maximum atomic E-state index is 13.9. The lowest BCUT2D eigenvalue weighted by molar-refractivity contribution is 0.0706. The molecule has 0 bridgehead atoms. The number of nitrogens with one attached hydrogen (secondary N) is 2. The van der Waals surface area contributed by atoms with Crippen LogP contribution in [0.3, 0.4) is 0 Å². The van der Waals surface area contributed by atoms with Gasteiger partial charge in [0.25, 0.3) is 5.91 Å². The molecule has 0 saturated heterocycles. The normalized spacial score (nSPS) is 10.8. The fraction of sp³-hybridized carbons (Fsp3) is 0.0769. The third-order valence-corrected chi connectivity index (χ3v) is 5.37. The molecule has 166 valence electrons. The van der Waals surface area contributed by atoms with Crippen molar-refractivity contribution in [1.82, 2.24) is 10.5 Å². The molecule has 7 heteroatoms. The van der Waals surface area contributed by atoms with Gasteiger partial charge in [-0.05, 0) is 53.4 Å². The van der Waals surface area contributed by atoms with Crippen molar-refractivity contribution in [2.24, 2.45) is 0 Å². The first-order valence-electron chi connectivity index (χ1n) is 10.3. The number of Topliss-reactive ketones (excluding diaryl/α,β-unsaturated/α-hetero) is 1. The lowest BCUT2D eigenvalue weighted by Gasteiger charge is -2.06. The summed E-state index contributed by atoms with van der Waals surface area (Å²) in [5.41, 5.74) is 5.46. The van der Waals surface area contributed by atoms with Crippen molar-refractivity contribution in [3.05, 3.63) is 107 Å². The number of aromatic amines is 1. The van der Waals surface area contributed by atoms with Crippen molar-refractivity contribution >= 4 is 11.7 Å². The Kier molecular flexibility index (Phi) is 6.42. The molecule has 5 nitrogen and oxygen atoms in total. The minimum absolute atomic E-state index is 0.164. The molecule has 1 amide bonds. The lowest BCUT2D eigenvalue weighted by Crippen LogP contribution is -2.18. The van der Waals surface area contributed by atoms with E-state index in [-0.39, 0.29) is 12.2 Å². The summed E-state index contributed by atoms with van der Waals surface area (Å²) in [5.74, 6) is -2.74. The molecular weight excluding hydrogens is 426 g/mol. The van der Waals surface area contributed by atoms with E-state index in [9.17, 15) is 18.4 Å². The summed E-state index contributed by atoms with van der Waals surface area (Å²) < 4.78 is 27.4. The number of carbonyl (C=O) groups is 2. The zero-order valence-electron chi connectivity index (χ0n) is 17.4. The number of halogens is 2. The van der Waals surface area contributed by atoms with E-state index in [1.807, 2.05) is 30.3 Å². The Morgan fingerprint density at radius 2 is 1.58 bits per heavy atom. The average Bonchev–Trinajstić information content (AvgIpc) is 3.30. The van der Waals surface area contributed by atoms with Crippen LogP contribution in [0.2, 0.25) is 0 Å². The monoisotopic (exact) mass is 446 g/mol. The van der Waals surface area contributed by atoms with E-state index in [2.05, 4.69) is 4.98 Å². The summed E-state index contributed by atoms with van der Waals surface area (Å²) in [5, 5.41) is 8.70. The number of ketones is 1. The van der Waals surface area contributed by atoms with E-state index in [1.54, 1.807) is 35.8 Å². The van der Waals surface area contributed by atoms with Gasteiger partial charge >= 0.3 is 0 Å². The Bertz CT molecular complexity index is 1300. The molecular formula is C26H20F2N2O3. The van der Waals surface area contributed by atoms with Crippen LogP contribution in [-0.2, 0) is 6.42 Å². The first kappa shape index (κ1) is 22.1. The highest BCUT2D eigenvalue weighted by Crippen LogP contribution is 2.31. The van der Waals surface area contributed by atoms with Crippen molar-refractivity contribution in [2.45, 2.75) is 12.8 Å². The third-order valence-electron chi connectivity index (χ3n) is 5.37. The van der Waals surface area contributed by atoms with Crippen molar-refractivity contribution < 1.29 is 23.6 Å². The van der Waals surface area contributed by atoms with E-state index in [1.165, 1.54) is 6.07 Å². The van der Waals surface area contributed by atoms with Gasteiger partial charge < -0.3 is 4.98 Å². The van der Waals surface area contributed by atoms with E-state index >= 15 is 0 Å².